The summed E-state index contributed by atoms with van der Waals surface area (Å²) in [5, 5.41) is 0. The number of hydrogen-bond donors (Lipinski definition) is 1. The summed E-state index contributed by atoms with van der Waals surface area (Å²) < 4.78 is 18.5. The average molecular weight is 480 g/mol. The van der Waals surface area contributed by atoms with Crippen molar-refractivity contribution in [3.63, 3.8) is 0 Å². The average Bonchev–Trinajstić information content (AvgIpc) is 3.43. The Morgan fingerprint density at radius 2 is 1.83 bits per heavy atom. The van der Waals surface area contributed by atoms with Crippen LogP contribution < -0.4 is 14.4 Å². The van der Waals surface area contributed by atoms with Gasteiger partial charge in [0.15, 0.2) is 11.4 Å². The minimum Gasteiger partial charge on any atom is -0.494 e. The number of esters is 1. The molecule has 0 saturated carbocycles. The van der Waals surface area contributed by atoms with Gasteiger partial charge in [-0.3, -0.25) is 4.79 Å². The molecule has 0 amide bonds. The largest absolute Gasteiger partial charge is 0.494 e. The van der Waals surface area contributed by atoms with Crippen molar-refractivity contribution in [1.29, 1.82) is 0 Å². The van der Waals surface area contributed by atoms with Crippen LogP contribution in [0, 0.1) is 0 Å². The van der Waals surface area contributed by atoms with Crippen LogP contribution in [0.3, 0.4) is 0 Å². The van der Waals surface area contributed by atoms with E-state index >= 15 is 0 Å². The van der Waals surface area contributed by atoms with E-state index in [0.29, 0.717) is 39.9 Å². The fourth-order valence-electron chi connectivity index (χ4n) is 4.43. The van der Waals surface area contributed by atoms with Crippen LogP contribution in [-0.4, -0.2) is 82.8 Å². The Balaban J connectivity index is 1.59. The SMILES string of the molecule is COc1c(-c2nc3nc(N4CCN(C)CC4)ccc3[nH]2)cc(OC)c2c1nc(COC(C)=O)n2C. The number of benzene rings is 1. The first-order valence-electron chi connectivity index (χ1n) is 11.4. The Bertz CT molecular complexity index is 1400. The summed E-state index contributed by atoms with van der Waals surface area (Å²) >= 11 is 0. The molecule has 11 heteroatoms. The standard InChI is InChI=1S/C24H29N7O4/c1-14(32)35-13-19-26-20-21(30(19)3)17(33-4)12-15(22(20)34-5)23-25-16-6-7-18(27-24(16)28-23)31-10-8-29(2)9-11-31/h6-7,12H,8-11,13H2,1-5H3,(H,25,27,28). The van der Waals surface area contributed by atoms with Gasteiger partial charge < -0.3 is 33.6 Å². The molecule has 4 aromatic rings. The fourth-order valence-corrected chi connectivity index (χ4v) is 4.43. The number of carbonyl (C=O) groups excluding carboxylic acids is 1. The van der Waals surface area contributed by atoms with Gasteiger partial charge >= 0.3 is 5.97 Å². The highest BCUT2D eigenvalue weighted by atomic mass is 16.5. The summed E-state index contributed by atoms with van der Waals surface area (Å²) in [6.07, 6.45) is 0. The molecule has 1 aliphatic rings. The number of methoxy groups -OCH3 is 2. The molecule has 35 heavy (non-hydrogen) atoms. The van der Waals surface area contributed by atoms with Gasteiger partial charge in [0.2, 0.25) is 0 Å². The molecule has 1 saturated heterocycles. The van der Waals surface area contributed by atoms with Gasteiger partial charge in [-0.15, -0.1) is 0 Å². The maximum Gasteiger partial charge on any atom is 0.303 e. The molecule has 1 N–H and O–H groups in total. The number of carbonyl (C=O) groups is 1. The number of hydrogen-bond acceptors (Lipinski definition) is 9. The van der Waals surface area contributed by atoms with Gasteiger partial charge in [0.05, 0.1) is 25.3 Å². The Labute approximate surface area is 202 Å². The number of likely N-dealkylation sites (N-methyl/N-ethyl adjacent to an activating group) is 1. The number of ether oxygens (including phenoxy) is 3. The molecule has 184 valence electrons. The second-order valence-electron chi connectivity index (χ2n) is 8.64. The lowest BCUT2D eigenvalue weighted by Crippen LogP contribution is -2.44. The lowest BCUT2D eigenvalue weighted by Gasteiger charge is -2.33. The van der Waals surface area contributed by atoms with Crippen LogP contribution in [0.25, 0.3) is 33.6 Å². The van der Waals surface area contributed by atoms with E-state index in [9.17, 15) is 4.79 Å². The highest BCUT2D eigenvalue weighted by Crippen LogP contribution is 2.41. The van der Waals surface area contributed by atoms with E-state index < -0.39 is 0 Å². The normalized spacial score (nSPS) is 14.6. The molecule has 1 aliphatic heterocycles. The number of pyridine rings is 1. The molecule has 3 aromatic heterocycles. The molecule has 0 unspecified atom stereocenters. The highest BCUT2D eigenvalue weighted by Gasteiger charge is 2.24. The molecule has 5 rings (SSSR count). The van der Waals surface area contributed by atoms with Gasteiger partial charge in [0.25, 0.3) is 0 Å². The topological polar surface area (TPSA) is 111 Å². The van der Waals surface area contributed by atoms with Gasteiger partial charge in [-0.25, -0.2) is 15.0 Å². The minimum absolute atomic E-state index is 0.0474. The zero-order chi connectivity index (χ0) is 24.7. The van der Waals surface area contributed by atoms with Crippen LogP contribution >= 0.6 is 0 Å². The summed E-state index contributed by atoms with van der Waals surface area (Å²) in [5.41, 5.74) is 3.50. The number of anilines is 1. The number of nitrogens with one attached hydrogen (secondary N) is 1. The zero-order valence-electron chi connectivity index (χ0n) is 20.6. The lowest BCUT2D eigenvalue weighted by molar-refractivity contribution is -0.142. The molecule has 4 heterocycles. The Kier molecular flexibility index (Phi) is 5.93. The van der Waals surface area contributed by atoms with Crippen molar-refractivity contribution in [2.24, 2.45) is 7.05 Å². The van der Waals surface area contributed by atoms with Crippen LogP contribution in [0.5, 0.6) is 11.5 Å². The maximum absolute atomic E-state index is 11.3. The molecule has 0 bridgehead atoms. The summed E-state index contributed by atoms with van der Waals surface area (Å²) in [4.78, 5) is 33.6. The molecule has 11 nitrogen and oxygen atoms in total. The molecule has 0 atom stereocenters. The summed E-state index contributed by atoms with van der Waals surface area (Å²) in [6.45, 7) is 5.29. The third-order valence-electron chi connectivity index (χ3n) is 6.40. The Morgan fingerprint density at radius 3 is 2.51 bits per heavy atom. The molecule has 1 fully saturated rings. The van der Waals surface area contributed by atoms with Crippen molar-refractivity contribution in [3.05, 3.63) is 24.0 Å². The monoisotopic (exact) mass is 479 g/mol. The van der Waals surface area contributed by atoms with Crippen molar-refractivity contribution < 1.29 is 19.0 Å². The van der Waals surface area contributed by atoms with E-state index in [1.54, 1.807) is 14.2 Å². The Morgan fingerprint density at radius 1 is 1.06 bits per heavy atom. The number of imidazole rings is 2. The van der Waals surface area contributed by atoms with Gasteiger partial charge in [-0.05, 0) is 25.2 Å². The van der Waals surface area contributed by atoms with E-state index in [1.165, 1.54) is 6.92 Å². The van der Waals surface area contributed by atoms with Crippen molar-refractivity contribution in [2.45, 2.75) is 13.5 Å². The number of piperazine rings is 1. The molecular formula is C24H29N7O4. The van der Waals surface area contributed by atoms with Crippen LogP contribution in [0.15, 0.2) is 18.2 Å². The first-order valence-corrected chi connectivity index (χ1v) is 11.4. The maximum atomic E-state index is 11.3. The highest BCUT2D eigenvalue weighted by molar-refractivity contribution is 5.95. The molecule has 0 radical (unpaired) electrons. The van der Waals surface area contributed by atoms with E-state index in [1.807, 2.05) is 29.8 Å². The van der Waals surface area contributed by atoms with Crippen molar-refractivity contribution in [1.82, 2.24) is 29.4 Å². The number of fused-ring (bicyclic) bond motifs is 2. The fraction of sp³-hybridized carbons (Fsp3) is 0.417. The van der Waals surface area contributed by atoms with Gasteiger partial charge in [0.1, 0.15) is 40.9 Å². The predicted octanol–water partition coefficient (Wildman–Crippen LogP) is 2.34. The van der Waals surface area contributed by atoms with Crippen molar-refractivity contribution in [2.75, 3.05) is 52.3 Å². The van der Waals surface area contributed by atoms with E-state index in [-0.39, 0.29) is 12.6 Å². The smallest absolute Gasteiger partial charge is 0.303 e. The molecule has 0 spiro atoms. The van der Waals surface area contributed by atoms with Gasteiger partial charge in [-0.1, -0.05) is 0 Å². The Hall–Kier alpha value is -3.86. The number of nitrogens with zero attached hydrogens (tertiary/aromatic N) is 6. The second kappa shape index (κ2) is 9.06. The molecule has 1 aromatic carbocycles. The number of aromatic nitrogens is 5. The molecular weight excluding hydrogens is 450 g/mol. The van der Waals surface area contributed by atoms with Crippen LogP contribution in [-0.2, 0) is 23.2 Å². The van der Waals surface area contributed by atoms with Crippen LogP contribution in [0.4, 0.5) is 5.82 Å². The summed E-state index contributed by atoms with van der Waals surface area (Å²) in [7, 11) is 7.18. The van der Waals surface area contributed by atoms with Crippen molar-refractivity contribution in [3.8, 4) is 22.9 Å². The molecule has 0 aliphatic carbocycles. The second-order valence-corrected chi connectivity index (χ2v) is 8.64. The number of H-pyrrole nitrogens is 1. The van der Waals surface area contributed by atoms with Crippen LogP contribution in [0.1, 0.15) is 12.7 Å². The minimum atomic E-state index is -0.373. The van der Waals surface area contributed by atoms with Crippen molar-refractivity contribution >= 4 is 34.0 Å². The zero-order valence-corrected chi connectivity index (χ0v) is 20.6. The number of aromatic amines is 1. The lowest BCUT2D eigenvalue weighted by atomic mass is 10.1. The first kappa shape index (κ1) is 22.9. The summed E-state index contributed by atoms with van der Waals surface area (Å²) in [5.74, 6) is 2.88. The van der Waals surface area contributed by atoms with Gasteiger partial charge in [-0.2, -0.15) is 0 Å². The van der Waals surface area contributed by atoms with E-state index in [2.05, 4.69) is 21.8 Å². The number of aryl methyl sites for hydroxylation is 1. The van der Waals surface area contributed by atoms with E-state index in [0.717, 1.165) is 43.0 Å². The van der Waals surface area contributed by atoms with Gasteiger partial charge in [0, 0.05) is 40.2 Å². The third-order valence-corrected chi connectivity index (χ3v) is 6.40. The van der Waals surface area contributed by atoms with Crippen LogP contribution in [0.2, 0.25) is 0 Å². The third kappa shape index (κ3) is 4.12. The number of rotatable bonds is 6. The first-order chi connectivity index (χ1) is 16.9. The van der Waals surface area contributed by atoms with E-state index in [4.69, 9.17) is 29.2 Å². The predicted molar refractivity (Wildman–Crippen MR) is 132 cm³/mol. The quantitative estimate of drug-likeness (QED) is 0.417. The summed E-state index contributed by atoms with van der Waals surface area (Å²) in [6, 6.07) is 5.90.